The molecule has 1 aliphatic heterocycles. The zero-order valence-corrected chi connectivity index (χ0v) is 11.7. The molecule has 0 saturated carbocycles. The fraction of sp³-hybridized carbons (Fsp3) is 0.900. The highest BCUT2D eigenvalue weighted by atomic mass is 32.2. The zero-order chi connectivity index (χ0) is 13.3. The number of amides is 1. The van der Waals surface area contributed by atoms with Gasteiger partial charge in [0.05, 0.1) is 0 Å². The molecule has 17 heavy (non-hydrogen) atoms. The van der Waals surface area contributed by atoms with E-state index >= 15 is 0 Å². The van der Waals surface area contributed by atoms with E-state index < -0.39 is 15.7 Å². The van der Waals surface area contributed by atoms with Gasteiger partial charge in [0.1, 0.15) is 5.54 Å². The van der Waals surface area contributed by atoms with E-state index in [4.69, 9.17) is 0 Å². The van der Waals surface area contributed by atoms with E-state index in [1.807, 2.05) is 0 Å². The molecule has 1 heterocycles. The van der Waals surface area contributed by atoms with Crippen LogP contribution in [0.3, 0.4) is 0 Å². The second-order valence-electron chi connectivity index (χ2n) is 4.48. The van der Waals surface area contributed by atoms with Crippen molar-refractivity contribution in [3.63, 3.8) is 0 Å². The first-order chi connectivity index (χ1) is 7.78. The number of carbonyl (C=O) groups excluding carboxylic acids is 1. The van der Waals surface area contributed by atoms with Gasteiger partial charge >= 0.3 is 0 Å². The molecule has 0 aromatic carbocycles. The summed E-state index contributed by atoms with van der Waals surface area (Å²) in [6, 6.07) is 0. The maximum Gasteiger partial charge on any atom is 0.282 e. The van der Waals surface area contributed by atoms with Crippen molar-refractivity contribution in [2.75, 3.05) is 26.2 Å². The van der Waals surface area contributed by atoms with Crippen LogP contribution in [0.25, 0.3) is 0 Å². The van der Waals surface area contributed by atoms with Crippen LogP contribution in [0.2, 0.25) is 0 Å². The SMILES string of the molecule is CCN(CC)S(=O)(=O)N1CCNC(=O)C1(C)C. The van der Waals surface area contributed by atoms with Crippen LogP contribution in [0.15, 0.2) is 0 Å². The van der Waals surface area contributed by atoms with Gasteiger partial charge in [0.15, 0.2) is 0 Å². The van der Waals surface area contributed by atoms with Gasteiger partial charge in [0.2, 0.25) is 5.91 Å². The quantitative estimate of drug-likeness (QED) is 0.762. The van der Waals surface area contributed by atoms with Gasteiger partial charge in [-0.15, -0.1) is 0 Å². The summed E-state index contributed by atoms with van der Waals surface area (Å²) >= 11 is 0. The molecule has 6 nitrogen and oxygen atoms in total. The summed E-state index contributed by atoms with van der Waals surface area (Å²) in [6.07, 6.45) is 0. The van der Waals surface area contributed by atoms with Crippen molar-refractivity contribution in [2.45, 2.75) is 33.2 Å². The molecule has 1 aliphatic rings. The van der Waals surface area contributed by atoms with E-state index in [2.05, 4.69) is 5.32 Å². The van der Waals surface area contributed by atoms with Crippen LogP contribution in [-0.2, 0) is 15.0 Å². The Kier molecular flexibility index (Phi) is 4.16. The minimum atomic E-state index is -3.56. The smallest absolute Gasteiger partial charge is 0.282 e. The summed E-state index contributed by atoms with van der Waals surface area (Å²) in [5, 5.41) is 2.69. The van der Waals surface area contributed by atoms with Crippen molar-refractivity contribution < 1.29 is 13.2 Å². The Morgan fingerprint density at radius 2 is 1.88 bits per heavy atom. The molecule has 1 saturated heterocycles. The first-order valence-electron chi connectivity index (χ1n) is 5.84. The molecule has 0 radical (unpaired) electrons. The number of rotatable bonds is 4. The molecule has 7 heteroatoms. The van der Waals surface area contributed by atoms with E-state index in [0.717, 1.165) is 0 Å². The normalized spacial score (nSPS) is 21.6. The van der Waals surface area contributed by atoms with Gasteiger partial charge < -0.3 is 5.32 Å². The lowest BCUT2D eigenvalue weighted by Crippen LogP contribution is -2.65. The van der Waals surface area contributed by atoms with Crippen LogP contribution in [0.1, 0.15) is 27.7 Å². The first kappa shape index (κ1) is 14.4. The van der Waals surface area contributed by atoms with Crippen molar-refractivity contribution in [3.8, 4) is 0 Å². The molecule has 1 N–H and O–H groups in total. The average Bonchev–Trinajstić information content (AvgIpc) is 2.23. The van der Waals surface area contributed by atoms with E-state index in [0.29, 0.717) is 26.2 Å². The maximum atomic E-state index is 12.4. The lowest BCUT2D eigenvalue weighted by atomic mass is 10.0. The van der Waals surface area contributed by atoms with Crippen molar-refractivity contribution >= 4 is 16.1 Å². The number of hydrogen-bond donors (Lipinski definition) is 1. The molecular weight excluding hydrogens is 242 g/mol. The number of carbonyl (C=O) groups is 1. The van der Waals surface area contributed by atoms with Crippen LogP contribution < -0.4 is 5.32 Å². The van der Waals surface area contributed by atoms with E-state index in [9.17, 15) is 13.2 Å². The van der Waals surface area contributed by atoms with Crippen LogP contribution in [0, 0.1) is 0 Å². The predicted octanol–water partition coefficient (Wildman–Crippen LogP) is -0.217. The second kappa shape index (κ2) is 4.91. The fourth-order valence-corrected chi connectivity index (χ4v) is 3.89. The highest BCUT2D eigenvalue weighted by Gasteiger charge is 2.45. The molecule has 0 aromatic rings. The predicted molar refractivity (Wildman–Crippen MR) is 65.6 cm³/mol. The van der Waals surface area contributed by atoms with Gasteiger partial charge in [-0.25, -0.2) is 0 Å². The number of nitrogens with zero attached hydrogens (tertiary/aromatic N) is 2. The summed E-state index contributed by atoms with van der Waals surface area (Å²) in [5.74, 6) is -0.250. The molecule has 100 valence electrons. The number of nitrogens with one attached hydrogen (secondary N) is 1. The highest BCUT2D eigenvalue weighted by Crippen LogP contribution is 2.23. The zero-order valence-electron chi connectivity index (χ0n) is 10.9. The van der Waals surface area contributed by atoms with Gasteiger partial charge in [0, 0.05) is 26.2 Å². The second-order valence-corrected chi connectivity index (χ2v) is 6.33. The monoisotopic (exact) mass is 263 g/mol. The molecule has 1 amide bonds. The molecule has 1 rings (SSSR count). The minimum Gasteiger partial charge on any atom is -0.353 e. The molecule has 1 fully saturated rings. The Labute approximate surface area is 103 Å². The minimum absolute atomic E-state index is 0.250. The maximum absolute atomic E-state index is 12.4. The molecule has 0 aromatic heterocycles. The Morgan fingerprint density at radius 3 is 2.35 bits per heavy atom. The Balaban J connectivity index is 3.10. The summed E-state index contributed by atoms with van der Waals surface area (Å²) in [5.41, 5.74) is -1.03. The first-order valence-corrected chi connectivity index (χ1v) is 7.24. The molecule has 0 spiro atoms. The standard InChI is InChI=1S/C10H21N3O3S/c1-5-12(6-2)17(15,16)13-8-7-11-9(14)10(13,3)4/h5-8H2,1-4H3,(H,11,14). The van der Waals surface area contributed by atoms with Gasteiger partial charge in [0.25, 0.3) is 10.2 Å². The largest absolute Gasteiger partial charge is 0.353 e. The molecule has 0 bridgehead atoms. The molecule has 0 unspecified atom stereocenters. The lowest BCUT2D eigenvalue weighted by molar-refractivity contribution is -0.131. The van der Waals surface area contributed by atoms with E-state index in [1.165, 1.54) is 8.61 Å². The van der Waals surface area contributed by atoms with Gasteiger partial charge in [-0.3, -0.25) is 4.79 Å². The fourth-order valence-electron chi connectivity index (χ4n) is 1.97. The lowest BCUT2D eigenvalue weighted by Gasteiger charge is -2.41. The summed E-state index contributed by atoms with van der Waals surface area (Å²) in [6.45, 7) is 8.33. The summed E-state index contributed by atoms with van der Waals surface area (Å²) in [4.78, 5) is 11.7. The average molecular weight is 263 g/mol. The van der Waals surface area contributed by atoms with Gasteiger partial charge in [-0.1, -0.05) is 13.8 Å². The van der Waals surface area contributed by atoms with Gasteiger partial charge in [-0.05, 0) is 13.8 Å². The van der Waals surface area contributed by atoms with Crippen molar-refractivity contribution in [3.05, 3.63) is 0 Å². The Morgan fingerprint density at radius 1 is 1.35 bits per heavy atom. The molecule has 0 aliphatic carbocycles. The van der Waals surface area contributed by atoms with Crippen molar-refractivity contribution in [1.82, 2.24) is 13.9 Å². The van der Waals surface area contributed by atoms with Crippen LogP contribution in [0.5, 0.6) is 0 Å². The summed E-state index contributed by atoms with van der Waals surface area (Å²) in [7, 11) is -3.56. The Hall–Kier alpha value is -0.660. The number of piperazine rings is 1. The third-order valence-electron chi connectivity index (χ3n) is 3.09. The van der Waals surface area contributed by atoms with E-state index in [1.54, 1.807) is 27.7 Å². The Bertz CT molecular complexity index is 388. The molecule has 0 atom stereocenters. The molecular formula is C10H21N3O3S. The number of hydrogen-bond acceptors (Lipinski definition) is 3. The third-order valence-corrected chi connectivity index (χ3v) is 5.45. The third kappa shape index (κ3) is 2.46. The van der Waals surface area contributed by atoms with Crippen LogP contribution in [-0.4, -0.2) is 54.7 Å². The van der Waals surface area contributed by atoms with Crippen molar-refractivity contribution in [2.24, 2.45) is 0 Å². The van der Waals surface area contributed by atoms with E-state index in [-0.39, 0.29) is 5.91 Å². The highest BCUT2D eigenvalue weighted by molar-refractivity contribution is 7.86. The van der Waals surface area contributed by atoms with Crippen molar-refractivity contribution in [1.29, 1.82) is 0 Å². The van der Waals surface area contributed by atoms with Crippen LogP contribution >= 0.6 is 0 Å². The van der Waals surface area contributed by atoms with Gasteiger partial charge in [-0.2, -0.15) is 17.0 Å². The summed E-state index contributed by atoms with van der Waals surface area (Å²) < 4.78 is 27.4. The van der Waals surface area contributed by atoms with Crippen LogP contribution in [0.4, 0.5) is 0 Å². The topological polar surface area (TPSA) is 69.7 Å².